The fraction of sp³-hybridized carbons (Fsp3) is 0.667. The predicted octanol–water partition coefficient (Wildman–Crippen LogP) is 1.59. The normalized spacial score (nSPS) is 20.9. The number of ether oxygens (including phenoxy) is 1. The second kappa shape index (κ2) is 6.98. The van der Waals surface area contributed by atoms with Gasteiger partial charge in [-0.25, -0.2) is 0 Å². The topological polar surface area (TPSA) is 37.4 Å². The maximum Gasteiger partial charge on any atom is 0.0826 e. The molecule has 0 aromatic carbocycles. The number of aryl methyl sites for hydroxylation is 1. The number of nitrogens with zero attached hydrogens (tertiary/aromatic N) is 2. The summed E-state index contributed by atoms with van der Waals surface area (Å²) in [4.78, 5) is 6.86. The highest BCUT2D eigenvalue weighted by Gasteiger charge is 2.21. The molecular weight excluding hydrogens is 238 g/mol. The lowest BCUT2D eigenvalue weighted by Gasteiger charge is -2.35. The molecule has 1 aromatic heterocycles. The summed E-state index contributed by atoms with van der Waals surface area (Å²) in [5, 5.41) is 3.46. The molecule has 1 aliphatic heterocycles. The highest BCUT2D eigenvalue weighted by atomic mass is 16.5. The van der Waals surface area contributed by atoms with E-state index in [9.17, 15) is 0 Å². The van der Waals surface area contributed by atoms with Gasteiger partial charge < -0.3 is 10.1 Å². The largest absolute Gasteiger partial charge is 0.374 e. The third kappa shape index (κ3) is 4.27. The summed E-state index contributed by atoms with van der Waals surface area (Å²) in [5.41, 5.74) is 2.36. The Kier molecular flexibility index (Phi) is 5.31. The number of nitrogens with one attached hydrogen (secondary N) is 1. The van der Waals surface area contributed by atoms with Gasteiger partial charge in [-0.3, -0.25) is 9.88 Å². The summed E-state index contributed by atoms with van der Waals surface area (Å²) in [6.45, 7) is 11.2. The van der Waals surface area contributed by atoms with Crippen molar-refractivity contribution in [3.63, 3.8) is 0 Å². The molecule has 2 heterocycles. The smallest absolute Gasteiger partial charge is 0.0826 e. The summed E-state index contributed by atoms with van der Waals surface area (Å²) in [7, 11) is 0. The van der Waals surface area contributed by atoms with Crippen molar-refractivity contribution in [1.29, 1.82) is 0 Å². The highest BCUT2D eigenvalue weighted by Crippen LogP contribution is 2.08. The SMILES string of the molecule is Cc1cccnc1CNCC1CN(C(C)C)CCO1. The van der Waals surface area contributed by atoms with Crippen LogP contribution in [0.15, 0.2) is 18.3 Å². The summed E-state index contributed by atoms with van der Waals surface area (Å²) in [6.07, 6.45) is 2.14. The minimum atomic E-state index is 0.292. The molecule has 1 aliphatic rings. The van der Waals surface area contributed by atoms with E-state index in [4.69, 9.17) is 4.74 Å². The molecule has 2 rings (SSSR count). The molecule has 1 saturated heterocycles. The predicted molar refractivity (Wildman–Crippen MR) is 77.1 cm³/mol. The zero-order valence-electron chi connectivity index (χ0n) is 12.2. The average molecular weight is 263 g/mol. The molecule has 106 valence electrons. The fourth-order valence-electron chi connectivity index (χ4n) is 2.39. The minimum absolute atomic E-state index is 0.292. The van der Waals surface area contributed by atoms with E-state index in [2.05, 4.69) is 42.0 Å². The number of pyridine rings is 1. The zero-order chi connectivity index (χ0) is 13.7. The zero-order valence-corrected chi connectivity index (χ0v) is 12.2. The Balaban J connectivity index is 1.75. The second-order valence-corrected chi connectivity index (χ2v) is 5.48. The Morgan fingerprint density at radius 2 is 2.37 bits per heavy atom. The standard InChI is InChI=1S/C15H25N3O/c1-12(2)18-7-8-19-14(11-18)9-16-10-15-13(3)5-4-6-17-15/h4-6,12,14,16H,7-11H2,1-3H3. The van der Waals surface area contributed by atoms with Gasteiger partial charge >= 0.3 is 0 Å². The van der Waals surface area contributed by atoms with Crippen molar-refractivity contribution in [2.45, 2.75) is 39.5 Å². The van der Waals surface area contributed by atoms with Crippen LogP contribution in [0, 0.1) is 6.92 Å². The van der Waals surface area contributed by atoms with Crippen LogP contribution in [0.25, 0.3) is 0 Å². The molecule has 0 saturated carbocycles. The Bertz CT molecular complexity index is 395. The second-order valence-electron chi connectivity index (χ2n) is 5.48. The van der Waals surface area contributed by atoms with Gasteiger partial charge in [-0.05, 0) is 32.4 Å². The lowest BCUT2D eigenvalue weighted by molar-refractivity contribution is -0.0372. The van der Waals surface area contributed by atoms with Crippen molar-refractivity contribution in [3.8, 4) is 0 Å². The number of rotatable bonds is 5. The van der Waals surface area contributed by atoms with Crippen LogP contribution in [-0.2, 0) is 11.3 Å². The Labute approximate surface area is 116 Å². The Morgan fingerprint density at radius 1 is 1.53 bits per heavy atom. The first-order valence-electron chi connectivity index (χ1n) is 7.13. The maximum absolute atomic E-state index is 5.80. The molecule has 0 radical (unpaired) electrons. The van der Waals surface area contributed by atoms with E-state index in [0.717, 1.165) is 38.5 Å². The minimum Gasteiger partial charge on any atom is -0.374 e. The van der Waals surface area contributed by atoms with Crippen LogP contribution in [-0.4, -0.2) is 48.3 Å². The van der Waals surface area contributed by atoms with Crippen molar-refractivity contribution in [2.24, 2.45) is 0 Å². The molecule has 1 N–H and O–H groups in total. The third-order valence-electron chi connectivity index (χ3n) is 3.68. The van der Waals surface area contributed by atoms with E-state index in [1.165, 1.54) is 5.56 Å². The number of hydrogen-bond donors (Lipinski definition) is 1. The van der Waals surface area contributed by atoms with Crippen LogP contribution in [0.3, 0.4) is 0 Å². The Hall–Kier alpha value is -0.970. The third-order valence-corrected chi connectivity index (χ3v) is 3.68. The lowest BCUT2D eigenvalue weighted by atomic mass is 10.2. The molecule has 4 heteroatoms. The number of hydrogen-bond acceptors (Lipinski definition) is 4. The molecule has 1 aromatic rings. The first kappa shape index (κ1) is 14.4. The number of aromatic nitrogens is 1. The maximum atomic E-state index is 5.80. The van der Waals surface area contributed by atoms with E-state index >= 15 is 0 Å². The van der Waals surface area contributed by atoms with Gasteiger partial charge in [0.1, 0.15) is 0 Å². The van der Waals surface area contributed by atoms with Gasteiger partial charge in [0.15, 0.2) is 0 Å². The van der Waals surface area contributed by atoms with Crippen LogP contribution in [0.4, 0.5) is 0 Å². The first-order valence-corrected chi connectivity index (χ1v) is 7.13. The van der Waals surface area contributed by atoms with Gasteiger partial charge in [0.2, 0.25) is 0 Å². The van der Waals surface area contributed by atoms with Crippen LogP contribution < -0.4 is 5.32 Å². The van der Waals surface area contributed by atoms with Crippen LogP contribution >= 0.6 is 0 Å². The van der Waals surface area contributed by atoms with Gasteiger partial charge in [0.05, 0.1) is 18.4 Å². The highest BCUT2D eigenvalue weighted by molar-refractivity contribution is 5.17. The molecular formula is C15H25N3O. The number of morpholine rings is 1. The van der Waals surface area contributed by atoms with Crippen molar-refractivity contribution in [1.82, 2.24) is 15.2 Å². The van der Waals surface area contributed by atoms with Crippen molar-refractivity contribution in [3.05, 3.63) is 29.6 Å². The summed E-state index contributed by atoms with van der Waals surface area (Å²) in [6, 6.07) is 4.68. The van der Waals surface area contributed by atoms with Gasteiger partial charge in [-0.2, -0.15) is 0 Å². The molecule has 0 amide bonds. The van der Waals surface area contributed by atoms with Gasteiger partial charge in [0, 0.05) is 38.4 Å². The van der Waals surface area contributed by atoms with Crippen LogP contribution in [0.5, 0.6) is 0 Å². The molecule has 0 spiro atoms. The van der Waals surface area contributed by atoms with Gasteiger partial charge in [-0.15, -0.1) is 0 Å². The lowest BCUT2D eigenvalue weighted by Crippen LogP contribution is -2.49. The van der Waals surface area contributed by atoms with Crippen molar-refractivity contribution in [2.75, 3.05) is 26.2 Å². The Morgan fingerprint density at radius 3 is 3.11 bits per heavy atom. The van der Waals surface area contributed by atoms with E-state index in [0.29, 0.717) is 12.1 Å². The summed E-state index contributed by atoms with van der Waals surface area (Å²) in [5.74, 6) is 0. The fourth-order valence-corrected chi connectivity index (χ4v) is 2.39. The monoisotopic (exact) mass is 263 g/mol. The van der Waals surface area contributed by atoms with Crippen LogP contribution in [0.2, 0.25) is 0 Å². The van der Waals surface area contributed by atoms with Gasteiger partial charge in [0.25, 0.3) is 0 Å². The quantitative estimate of drug-likeness (QED) is 0.875. The molecule has 1 atom stereocenters. The molecule has 0 bridgehead atoms. The van der Waals surface area contributed by atoms with Crippen molar-refractivity contribution >= 4 is 0 Å². The molecule has 19 heavy (non-hydrogen) atoms. The van der Waals surface area contributed by atoms with E-state index < -0.39 is 0 Å². The molecule has 4 nitrogen and oxygen atoms in total. The molecule has 1 unspecified atom stereocenters. The first-order chi connectivity index (χ1) is 9.16. The van der Waals surface area contributed by atoms with E-state index in [1.54, 1.807) is 0 Å². The van der Waals surface area contributed by atoms with Crippen LogP contribution in [0.1, 0.15) is 25.1 Å². The summed E-state index contributed by atoms with van der Waals surface area (Å²) < 4.78 is 5.80. The summed E-state index contributed by atoms with van der Waals surface area (Å²) >= 11 is 0. The average Bonchev–Trinajstić information content (AvgIpc) is 2.41. The van der Waals surface area contributed by atoms with E-state index in [1.807, 2.05) is 12.3 Å². The molecule has 0 aliphatic carbocycles. The van der Waals surface area contributed by atoms with E-state index in [-0.39, 0.29) is 0 Å². The van der Waals surface area contributed by atoms with Crippen molar-refractivity contribution < 1.29 is 4.74 Å². The molecule has 1 fully saturated rings. The van der Waals surface area contributed by atoms with Gasteiger partial charge in [-0.1, -0.05) is 6.07 Å².